The molecule has 0 amide bonds. The number of hydrogen-bond acceptors (Lipinski definition) is 3. The summed E-state index contributed by atoms with van der Waals surface area (Å²) in [6.07, 6.45) is -3.68. The first-order valence-corrected chi connectivity index (χ1v) is 6.77. The fourth-order valence-electron chi connectivity index (χ4n) is 1.45. The summed E-state index contributed by atoms with van der Waals surface area (Å²) >= 11 is 1.62. The SMILES string of the molecule is CCCSCC(N)c1ccccc1OC(F)(F)F. The molecule has 0 bridgehead atoms. The van der Waals surface area contributed by atoms with Crippen LogP contribution in [-0.4, -0.2) is 17.9 Å². The summed E-state index contributed by atoms with van der Waals surface area (Å²) < 4.78 is 40.6. The molecule has 1 aromatic rings. The third-order valence-corrected chi connectivity index (χ3v) is 3.48. The van der Waals surface area contributed by atoms with E-state index in [0.717, 1.165) is 12.2 Å². The smallest absolute Gasteiger partial charge is 0.405 e. The summed E-state index contributed by atoms with van der Waals surface area (Å²) in [5.41, 5.74) is 6.27. The number of hydrogen-bond donors (Lipinski definition) is 1. The van der Waals surface area contributed by atoms with Gasteiger partial charge in [-0.05, 0) is 18.2 Å². The van der Waals surface area contributed by atoms with Gasteiger partial charge in [-0.25, -0.2) is 0 Å². The Morgan fingerprint density at radius 1 is 1.33 bits per heavy atom. The number of benzene rings is 1. The molecule has 102 valence electrons. The lowest BCUT2D eigenvalue weighted by atomic mass is 10.1. The molecule has 2 N–H and O–H groups in total. The molecule has 0 aliphatic rings. The first-order chi connectivity index (χ1) is 8.44. The molecular formula is C12H16F3NOS. The Balaban J connectivity index is 2.74. The van der Waals surface area contributed by atoms with Crippen LogP contribution >= 0.6 is 11.8 Å². The first kappa shape index (κ1) is 15.2. The highest BCUT2D eigenvalue weighted by molar-refractivity contribution is 7.99. The Bertz CT molecular complexity index is 371. The Morgan fingerprint density at radius 3 is 2.61 bits per heavy atom. The van der Waals surface area contributed by atoms with Crippen molar-refractivity contribution in [2.24, 2.45) is 5.73 Å². The van der Waals surface area contributed by atoms with Crippen LogP contribution in [0.4, 0.5) is 13.2 Å². The standard InChI is InChI=1S/C12H16F3NOS/c1-2-7-18-8-10(16)9-5-3-4-6-11(9)17-12(13,14)15/h3-6,10H,2,7-8,16H2,1H3. The van der Waals surface area contributed by atoms with E-state index in [1.54, 1.807) is 23.9 Å². The molecule has 0 aliphatic heterocycles. The van der Waals surface area contributed by atoms with Crippen molar-refractivity contribution in [3.05, 3.63) is 29.8 Å². The van der Waals surface area contributed by atoms with Crippen molar-refractivity contribution in [1.82, 2.24) is 0 Å². The monoisotopic (exact) mass is 279 g/mol. The molecule has 0 spiro atoms. The lowest BCUT2D eigenvalue weighted by Crippen LogP contribution is -2.21. The van der Waals surface area contributed by atoms with Crippen LogP contribution in [-0.2, 0) is 0 Å². The average molecular weight is 279 g/mol. The van der Waals surface area contributed by atoms with Crippen molar-refractivity contribution in [2.75, 3.05) is 11.5 Å². The number of rotatable bonds is 6. The van der Waals surface area contributed by atoms with Gasteiger partial charge in [-0.2, -0.15) is 11.8 Å². The van der Waals surface area contributed by atoms with E-state index < -0.39 is 12.4 Å². The normalized spacial score (nSPS) is 13.4. The molecule has 1 unspecified atom stereocenters. The van der Waals surface area contributed by atoms with Crippen LogP contribution in [0.2, 0.25) is 0 Å². The Morgan fingerprint density at radius 2 is 2.00 bits per heavy atom. The van der Waals surface area contributed by atoms with Gasteiger partial charge in [-0.15, -0.1) is 13.2 Å². The highest BCUT2D eigenvalue weighted by atomic mass is 32.2. The number of nitrogens with two attached hydrogens (primary N) is 1. The zero-order valence-corrected chi connectivity index (χ0v) is 10.9. The molecule has 0 heterocycles. The van der Waals surface area contributed by atoms with Gasteiger partial charge in [0.25, 0.3) is 0 Å². The van der Waals surface area contributed by atoms with Gasteiger partial charge in [0, 0.05) is 17.4 Å². The minimum atomic E-state index is -4.69. The van der Waals surface area contributed by atoms with Crippen LogP contribution in [0.25, 0.3) is 0 Å². The van der Waals surface area contributed by atoms with E-state index in [0.29, 0.717) is 11.3 Å². The molecule has 0 aromatic heterocycles. The minimum Gasteiger partial charge on any atom is -0.405 e. The molecular weight excluding hydrogens is 263 g/mol. The number of alkyl halides is 3. The largest absolute Gasteiger partial charge is 0.573 e. The van der Waals surface area contributed by atoms with Gasteiger partial charge in [0.05, 0.1) is 0 Å². The molecule has 0 radical (unpaired) electrons. The molecule has 0 aliphatic carbocycles. The van der Waals surface area contributed by atoms with Crippen molar-refractivity contribution in [2.45, 2.75) is 25.7 Å². The zero-order valence-electron chi connectivity index (χ0n) is 10.0. The minimum absolute atomic E-state index is 0.213. The van der Waals surface area contributed by atoms with Gasteiger partial charge < -0.3 is 10.5 Å². The van der Waals surface area contributed by atoms with E-state index in [9.17, 15) is 13.2 Å². The maximum Gasteiger partial charge on any atom is 0.573 e. The zero-order chi connectivity index (χ0) is 13.6. The lowest BCUT2D eigenvalue weighted by Gasteiger charge is -2.17. The molecule has 2 nitrogen and oxygen atoms in total. The van der Waals surface area contributed by atoms with Crippen molar-refractivity contribution in [1.29, 1.82) is 0 Å². The van der Waals surface area contributed by atoms with E-state index >= 15 is 0 Å². The van der Waals surface area contributed by atoms with Crippen molar-refractivity contribution in [3.8, 4) is 5.75 Å². The maximum absolute atomic E-state index is 12.2. The van der Waals surface area contributed by atoms with Crippen LogP contribution < -0.4 is 10.5 Å². The average Bonchev–Trinajstić information content (AvgIpc) is 2.27. The van der Waals surface area contributed by atoms with Crippen LogP contribution in [0.3, 0.4) is 0 Å². The van der Waals surface area contributed by atoms with Crippen LogP contribution in [0.15, 0.2) is 24.3 Å². The van der Waals surface area contributed by atoms with Crippen molar-refractivity contribution >= 4 is 11.8 Å². The van der Waals surface area contributed by atoms with Crippen molar-refractivity contribution in [3.63, 3.8) is 0 Å². The Kier molecular flexibility index (Phi) is 5.81. The van der Waals surface area contributed by atoms with Crippen LogP contribution in [0, 0.1) is 0 Å². The first-order valence-electron chi connectivity index (χ1n) is 5.62. The van der Waals surface area contributed by atoms with Gasteiger partial charge >= 0.3 is 6.36 Å². The maximum atomic E-state index is 12.2. The molecule has 0 saturated heterocycles. The topological polar surface area (TPSA) is 35.2 Å². The number of halogens is 3. The molecule has 1 atom stereocenters. The van der Waals surface area contributed by atoms with Crippen molar-refractivity contribution < 1.29 is 17.9 Å². The molecule has 1 rings (SSSR count). The molecule has 18 heavy (non-hydrogen) atoms. The predicted octanol–water partition coefficient (Wildman–Crippen LogP) is 3.73. The van der Waals surface area contributed by atoms with E-state index in [-0.39, 0.29) is 5.75 Å². The van der Waals surface area contributed by atoms with Gasteiger partial charge in [-0.1, -0.05) is 25.1 Å². The molecule has 0 fully saturated rings. The second-order valence-corrected chi connectivity index (χ2v) is 4.92. The van der Waals surface area contributed by atoms with Crippen LogP contribution in [0.1, 0.15) is 24.9 Å². The Labute approximate surface area is 109 Å². The summed E-state index contributed by atoms with van der Waals surface area (Å²) in [4.78, 5) is 0. The highest BCUT2D eigenvalue weighted by Gasteiger charge is 2.32. The molecule has 6 heteroatoms. The predicted molar refractivity (Wildman–Crippen MR) is 67.7 cm³/mol. The summed E-state index contributed by atoms with van der Waals surface area (Å²) in [5, 5.41) is 0. The van der Waals surface area contributed by atoms with Gasteiger partial charge in [0.1, 0.15) is 5.75 Å². The fraction of sp³-hybridized carbons (Fsp3) is 0.500. The number of para-hydroxylation sites is 1. The molecule has 1 aromatic carbocycles. The van der Waals surface area contributed by atoms with Crippen LogP contribution in [0.5, 0.6) is 5.75 Å². The van der Waals surface area contributed by atoms with Gasteiger partial charge in [0.2, 0.25) is 0 Å². The Hall–Kier alpha value is -0.880. The second-order valence-electron chi connectivity index (χ2n) is 3.77. The highest BCUT2D eigenvalue weighted by Crippen LogP contribution is 2.30. The van der Waals surface area contributed by atoms with E-state index in [4.69, 9.17) is 5.73 Å². The fourth-order valence-corrected chi connectivity index (χ4v) is 2.34. The summed E-state index contributed by atoms with van der Waals surface area (Å²) in [6, 6.07) is 5.55. The van der Waals surface area contributed by atoms with E-state index in [1.807, 2.05) is 6.92 Å². The summed E-state index contributed by atoms with van der Waals surface area (Å²) in [5.74, 6) is 1.30. The number of ether oxygens (including phenoxy) is 1. The van der Waals surface area contributed by atoms with Gasteiger partial charge in [0.15, 0.2) is 0 Å². The summed E-state index contributed by atoms with van der Waals surface area (Å²) in [6.45, 7) is 2.04. The quantitative estimate of drug-likeness (QED) is 0.806. The molecule has 0 saturated carbocycles. The van der Waals surface area contributed by atoms with E-state index in [2.05, 4.69) is 4.74 Å². The lowest BCUT2D eigenvalue weighted by molar-refractivity contribution is -0.274. The summed E-state index contributed by atoms with van der Waals surface area (Å²) in [7, 11) is 0. The van der Waals surface area contributed by atoms with E-state index in [1.165, 1.54) is 12.1 Å². The second kappa shape index (κ2) is 6.89. The number of thioether (sulfide) groups is 1. The third-order valence-electron chi connectivity index (χ3n) is 2.19. The van der Waals surface area contributed by atoms with Gasteiger partial charge in [-0.3, -0.25) is 0 Å². The third kappa shape index (κ3) is 5.18.